The minimum atomic E-state index is -3.66. The maximum Gasteiger partial charge on any atom is 0.363 e. The molecule has 1 fully saturated rings. The van der Waals surface area contributed by atoms with Crippen molar-refractivity contribution in [1.82, 2.24) is 0 Å². The van der Waals surface area contributed by atoms with Crippen molar-refractivity contribution in [2.45, 2.75) is 19.7 Å². The van der Waals surface area contributed by atoms with Crippen LogP contribution in [0.1, 0.15) is 25.3 Å². The SMILES string of the molecule is CC1(C)COP(=O)(C(O)c2ccc([N+](=O)[O-])cc2)OC1. The Hall–Kier alpha value is -1.27. The molecule has 0 amide bonds. The molecule has 1 heterocycles. The molecule has 110 valence electrons. The van der Waals surface area contributed by atoms with Crippen molar-refractivity contribution in [1.29, 1.82) is 0 Å². The van der Waals surface area contributed by atoms with Crippen LogP contribution in [-0.2, 0) is 13.6 Å². The molecule has 7 nitrogen and oxygen atoms in total. The summed E-state index contributed by atoms with van der Waals surface area (Å²) in [5.74, 6) is -1.44. The Morgan fingerprint density at radius 3 is 2.25 bits per heavy atom. The number of hydrogen-bond acceptors (Lipinski definition) is 6. The second kappa shape index (κ2) is 5.26. The second-order valence-electron chi connectivity index (χ2n) is 5.47. The van der Waals surface area contributed by atoms with E-state index in [1.807, 2.05) is 13.8 Å². The predicted octanol–water partition coefficient (Wildman–Crippen LogP) is 2.85. The van der Waals surface area contributed by atoms with Crippen LogP contribution in [0.15, 0.2) is 24.3 Å². The maximum absolute atomic E-state index is 12.4. The third-order valence-corrected chi connectivity index (χ3v) is 4.85. The number of non-ortho nitro benzene ring substituents is 1. The Balaban J connectivity index is 2.16. The van der Waals surface area contributed by atoms with Gasteiger partial charge in [0, 0.05) is 17.5 Å². The Morgan fingerprint density at radius 1 is 1.30 bits per heavy atom. The molecule has 1 unspecified atom stereocenters. The monoisotopic (exact) mass is 301 g/mol. The van der Waals surface area contributed by atoms with Gasteiger partial charge in [-0.2, -0.15) is 0 Å². The van der Waals surface area contributed by atoms with Crippen LogP contribution in [-0.4, -0.2) is 23.2 Å². The number of aliphatic hydroxyl groups is 1. The summed E-state index contributed by atoms with van der Waals surface area (Å²) in [5.41, 5.74) is -0.104. The van der Waals surface area contributed by atoms with Gasteiger partial charge in [-0.3, -0.25) is 14.7 Å². The smallest absolute Gasteiger partial charge is 0.363 e. The van der Waals surface area contributed by atoms with Gasteiger partial charge >= 0.3 is 7.60 Å². The Morgan fingerprint density at radius 2 is 1.80 bits per heavy atom. The van der Waals surface area contributed by atoms with E-state index in [2.05, 4.69) is 0 Å². The number of benzene rings is 1. The van der Waals surface area contributed by atoms with E-state index >= 15 is 0 Å². The van der Waals surface area contributed by atoms with Gasteiger partial charge < -0.3 is 14.2 Å². The molecule has 0 aliphatic carbocycles. The van der Waals surface area contributed by atoms with Crippen molar-refractivity contribution in [3.05, 3.63) is 39.9 Å². The first-order valence-electron chi connectivity index (χ1n) is 6.05. The number of hydrogen-bond donors (Lipinski definition) is 1. The van der Waals surface area contributed by atoms with E-state index in [1.165, 1.54) is 24.3 Å². The topological polar surface area (TPSA) is 98.9 Å². The molecule has 0 saturated carbocycles. The van der Waals surface area contributed by atoms with Crippen molar-refractivity contribution < 1.29 is 23.6 Å². The molecular formula is C12H16NO6P. The van der Waals surface area contributed by atoms with Crippen molar-refractivity contribution in [2.24, 2.45) is 5.41 Å². The Kier molecular flexibility index (Phi) is 3.97. The molecule has 1 atom stereocenters. The molecule has 0 aromatic heterocycles. The lowest BCUT2D eigenvalue weighted by Gasteiger charge is -2.35. The van der Waals surface area contributed by atoms with E-state index in [1.54, 1.807) is 0 Å². The lowest BCUT2D eigenvalue weighted by Crippen LogP contribution is -2.30. The van der Waals surface area contributed by atoms with Gasteiger partial charge in [0.2, 0.25) is 0 Å². The first-order valence-corrected chi connectivity index (χ1v) is 7.66. The Bertz CT molecular complexity index is 542. The van der Waals surface area contributed by atoms with Crippen LogP contribution >= 0.6 is 7.60 Å². The highest BCUT2D eigenvalue weighted by molar-refractivity contribution is 7.54. The first-order chi connectivity index (χ1) is 9.23. The van der Waals surface area contributed by atoms with Gasteiger partial charge in [-0.05, 0) is 17.7 Å². The quantitative estimate of drug-likeness (QED) is 0.523. The summed E-state index contributed by atoms with van der Waals surface area (Å²) in [6, 6.07) is 5.15. The number of nitro groups is 1. The fraction of sp³-hybridized carbons (Fsp3) is 0.500. The summed E-state index contributed by atoms with van der Waals surface area (Å²) >= 11 is 0. The van der Waals surface area contributed by atoms with Crippen molar-refractivity contribution >= 4 is 13.3 Å². The third-order valence-electron chi connectivity index (χ3n) is 2.97. The average Bonchev–Trinajstić information content (AvgIpc) is 2.42. The molecule has 8 heteroatoms. The Labute approximate surface area is 116 Å². The molecule has 1 N–H and O–H groups in total. The highest BCUT2D eigenvalue weighted by atomic mass is 31.2. The number of nitro benzene ring substituents is 1. The van der Waals surface area contributed by atoms with Crippen LogP contribution in [0.4, 0.5) is 5.69 Å². The molecule has 0 bridgehead atoms. The van der Waals surface area contributed by atoms with Crippen LogP contribution in [0.5, 0.6) is 0 Å². The molecule has 1 aromatic rings. The molecule has 1 aliphatic rings. The van der Waals surface area contributed by atoms with Gasteiger partial charge in [0.15, 0.2) is 5.85 Å². The molecule has 1 saturated heterocycles. The molecule has 0 radical (unpaired) electrons. The lowest BCUT2D eigenvalue weighted by molar-refractivity contribution is -0.384. The molecule has 2 rings (SSSR count). The predicted molar refractivity (Wildman–Crippen MR) is 71.3 cm³/mol. The summed E-state index contributed by atoms with van der Waals surface area (Å²) in [6.07, 6.45) is 0. The van der Waals surface area contributed by atoms with E-state index < -0.39 is 18.4 Å². The lowest BCUT2D eigenvalue weighted by atomic mass is 9.97. The molecule has 1 aliphatic heterocycles. The number of aliphatic hydroxyl groups excluding tert-OH is 1. The highest BCUT2D eigenvalue weighted by Gasteiger charge is 2.43. The van der Waals surface area contributed by atoms with Gasteiger partial charge in [0.25, 0.3) is 5.69 Å². The normalized spacial score (nSPS) is 22.1. The molecule has 0 spiro atoms. The third kappa shape index (κ3) is 3.07. The average molecular weight is 301 g/mol. The molecular weight excluding hydrogens is 285 g/mol. The van der Waals surface area contributed by atoms with Crippen LogP contribution in [0.3, 0.4) is 0 Å². The van der Waals surface area contributed by atoms with E-state index in [0.717, 1.165) is 0 Å². The first kappa shape index (κ1) is 15.1. The second-order valence-corrected chi connectivity index (χ2v) is 7.56. The van der Waals surface area contributed by atoms with E-state index in [-0.39, 0.29) is 29.9 Å². The summed E-state index contributed by atoms with van der Waals surface area (Å²) in [6.45, 7) is 4.23. The van der Waals surface area contributed by atoms with Crippen LogP contribution < -0.4 is 0 Å². The summed E-state index contributed by atoms with van der Waals surface area (Å²) in [7, 11) is -3.66. The van der Waals surface area contributed by atoms with Gasteiger partial charge in [0.05, 0.1) is 18.1 Å². The van der Waals surface area contributed by atoms with Crippen LogP contribution in [0.2, 0.25) is 0 Å². The van der Waals surface area contributed by atoms with Gasteiger partial charge in [-0.25, -0.2) is 0 Å². The van der Waals surface area contributed by atoms with E-state index in [4.69, 9.17) is 9.05 Å². The maximum atomic E-state index is 12.4. The number of nitrogens with zero attached hydrogens (tertiary/aromatic N) is 1. The molecule has 1 aromatic carbocycles. The zero-order valence-electron chi connectivity index (χ0n) is 11.2. The van der Waals surface area contributed by atoms with Crippen molar-refractivity contribution in [3.63, 3.8) is 0 Å². The van der Waals surface area contributed by atoms with Gasteiger partial charge in [-0.15, -0.1) is 0 Å². The van der Waals surface area contributed by atoms with Crippen molar-refractivity contribution in [2.75, 3.05) is 13.2 Å². The molecule has 20 heavy (non-hydrogen) atoms. The van der Waals surface area contributed by atoms with Gasteiger partial charge in [-0.1, -0.05) is 13.8 Å². The van der Waals surface area contributed by atoms with Crippen molar-refractivity contribution in [3.8, 4) is 0 Å². The summed E-state index contributed by atoms with van der Waals surface area (Å²) in [4.78, 5) is 10.0. The fourth-order valence-corrected chi connectivity index (χ4v) is 3.65. The number of rotatable bonds is 3. The van der Waals surface area contributed by atoms with Crippen LogP contribution in [0.25, 0.3) is 0 Å². The largest absolute Gasteiger partial charge is 0.376 e. The van der Waals surface area contributed by atoms with Crippen LogP contribution in [0, 0.1) is 15.5 Å². The summed E-state index contributed by atoms with van der Waals surface area (Å²) in [5, 5.41) is 20.7. The zero-order chi connectivity index (χ0) is 15.0. The minimum Gasteiger partial charge on any atom is -0.376 e. The van der Waals surface area contributed by atoms with E-state index in [0.29, 0.717) is 0 Å². The van der Waals surface area contributed by atoms with Gasteiger partial charge in [0.1, 0.15) is 0 Å². The zero-order valence-corrected chi connectivity index (χ0v) is 12.1. The fourth-order valence-electron chi connectivity index (χ4n) is 1.70. The van der Waals surface area contributed by atoms with E-state index in [9.17, 15) is 19.8 Å². The summed E-state index contributed by atoms with van der Waals surface area (Å²) < 4.78 is 22.9. The standard InChI is InChI=1S/C12H16NO6P/c1-12(2)7-18-20(17,19-8-12)11(14)9-3-5-10(6-4-9)13(15)16/h3-6,11,14H,7-8H2,1-2H3. The minimum absolute atomic E-state index is 0.106. The highest BCUT2D eigenvalue weighted by Crippen LogP contribution is 2.62.